The molecule has 6 nitrogen and oxygen atoms in total. The van der Waals surface area contributed by atoms with E-state index in [1.165, 1.54) is 0 Å². The lowest BCUT2D eigenvalue weighted by atomic mass is 10.0. The number of piperidine rings is 1. The van der Waals surface area contributed by atoms with E-state index in [9.17, 15) is 9.59 Å². The maximum absolute atomic E-state index is 12.1. The van der Waals surface area contributed by atoms with Crippen molar-refractivity contribution in [3.63, 3.8) is 0 Å². The number of nitrogens with one attached hydrogen (secondary N) is 2. The molecule has 0 radical (unpaired) electrons. The summed E-state index contributed by atoms with van der Waals surface area (Å²) < 4.78 is 5.35. The Bertz CT molecular complexity index is 552. The van der Waals surface area contributed by atoms with Crippen LogP contribution in [0.4, 0.5) is 0 Å². The molecule has 1 aliphatic rings. The maximum atomic E-state index is 12.1. The average Bonchev–Trinajstić information content (AvgIpc) is 2.62. The number of ether oxygens (including phenoxy) is 1. The third-order valence-corrected chi connectivity index (χ3v) is 4.33. The van der Waals surface area contributed by atoms with E-state index in [0.29, 0.717) is 12.2 Å². The first kappa shape index (κ1) is 19.2. The third-order valence-electron chi connectivity index (χ3n) is 4.33. The molecule has 0 aliphatic carbocycles. The minimum absolute atomic E-state index is 0.00121. The number of likely N-dealkylation sites (tertiary alicyclic amines) is 1. The number of nitrogens with zero attached hydrogens (tertiary/aromatic N) is 1. The topological polar surface area (TPSA) is 70.7 Å². The van der Waals surface area contributed by atoms with E-state index in [-0.39, 0.29) is 24.4 Å². The first-order valence-corrected chi connectivity index (χ1v) is 9.15. The molecule has 1 saturated heterocycles. The van der Waals surface area contributed by atoms with E-state index in [4.69, 9.17) is 4.74 Å². The summed E-state index contributed by atoms with van der Waals surface area (Å²) in [5.74, 6) is 0.343. The minimum Gasteiger partial charge on any atom is -0.494 e. The highest BCUT2D eigenvalue weighted by atomic mass is 16.5. The van der Waals surface area contributed by atoms with E-state index >= 15 is 0 Å². The lowest BCUT2D eigenvalue weighted by molar-refractivity contribution is -0.121. The van der Waals surface area contributed by atoms with Crippen LogP contribution in [-0.2, 0) is 4.79 Å². The SMILES string of the molecule is CCCN1CCC(NC(=O)CNC(=O)c2ccc(OCC)cc2)CC1. The zero-order chi connectivity index (χ0) is 18.1. The summed E-state index contributed by atoms with van der Waals surface area (Å²) in [5, 5.41) is 5.68. The third kappa shape index (κ3) is 6.38. The van der Waals surface area contributed by atoms with Gasteiger partial charge in [0.2, 0.25) is 5.91 Å². The van der Waals surface area contributed by atoms with Crippen molar-refractivity contribution < 1.29 is 14.3 Å². The highest BCUT2D eigenvalue weighted by Crippen LogP contribution is 2.12. The molecule has 2 rings (SSSR count). The number of carbonyl (C=O) groups is 2. The lowest BCUT2D eigenvalue weighted by Crippen LogP contribution is -2.47. The van der Waals surface area contributed by atoms with E-state index in [2.05, 4.69) is 22.5 Å². The van der Waals surface area contributed by atoms with Gasteiger partial charge >= 0.3 is 0 Å². The molecule has 0 spiro atoms. The summed E-state index contributed by atoms with van der Waals surface area (Å²) in [6, 6.07) is 7.11. The summed E-state index contributed by atoms with van der Waals surface area (Å²) in [6.45, 7) is 7.85. The second-order valence-electron chi connectivity index (χ2n) is 6.32. The Morgan fingerprint density at radius 1 is 1.16 bits per heavy atom. The predicted octanol–water partition coefficient (Wildman–Crippen LogP) is 1.81. The molecule has 2 amide bonds. The van der Waals surface area contributed by atoms with Crippen LogP contribution in [-0.4, -0.2) is 55.5 Å². The Balaban J connectivity index is 1.70. The van der Waals surface area contributed by atoms with Gasteiger partial charge < -0.3 is 20.3 Å². The van der Waals surface area contributed by atoms with Crippen molar-refractivity contribution >= 4 is 11.8 Å². The van der Waals surface area contributed by atoms with Gasteiger partial charge in [-0.25, -0.2) is 0 Å². The molecular formula is C19H29N3O3. The molecule has 0 bridgehead atoms. The summed E-state index contributed by atoms with van der Waals surface area (Å²) in [4.78, 5) is 26.5. The second-order valence-corrected chi connectivity index (χ2v) is 6.32. The largest absolute Gasteiger partial charge is 0.494 e. The summed E-state index contributed by atoms with van der Waals surface area (Å²) in [7, 11) is 0. The molecule has 1 heterocycles. The molecule has 25 heavy (non-hydrogen) atoms. The van der Waals surface area contributed by atoms with Crippen LogP contribution in [0.1, 0.15) is 43.5 Å². The molecule has 1 aliphatic heterocycles. The summed E-state index contributed by atoms with van der Waals surface area (Å²) in [6.07, 6.45) is 3.10. The van der Waals surface area contributed by atoms with Crippen LogP contribution in [0.5, 0.6) is 5.75 Å². The monoisotopic (exact) mass is 347 g/mol. The quantitative estimate of drug-likeness (QED) is 0.752. The van der Waals surface area contributed by atoms with Crippen molar-refractivity contribution in [2.75, 3.05) is 32.8 Å². The molecule has 138 valence electrons. The van der Waals surface area contributed by atoms with Gasteiger partial charge in [-0.1, -0.05) is 6.92 Å². The van der Waals surface area contributed by atoms with Gasteiger partial charge in [-0.15, -0.1) is 0 Å². The van der Waals surface area contributed by atoms with Gasteiger partial charge in [-0.3, -0.25) is 9.59 Å². The number of benzene rings is 1. The van der Waals surface area contributed by atoms with Crippen molar-refractivity contribution in [3.05, 3.63) is 29.8 Å². The van der Waals surface area contributed by atoms with Crippen LogP contribution < -0.4 is 15.4 Å². The van der Waals surface area contributed by atoms with E-state index in [0.717, 1.165) is 44.6 Å². The van der Waals surface area contributed by atoms with Gasteiger partial charge in [0, 0.05) is 24.7 Å². The molecule has 1 aromatic carbocycles. The van der Waals surface area contributed by atoms with Gasteiger partial charge in [0.1, 0.15) is 5.75 Å². The minimum atomic E-state index is -0.254. The molecule has 0 saturated carbocycles. The first-order chi connectivity index (χ1) is 12.1. The Labute approximate surface area is 149 Å². The van der Waals surface area contributed by atoms with Gasteiger partial charge in [0.15, 0.2) is 0 Å². The van der Waals surface area contributed by atoms with Crippen molar-refractivity contribution in [1.82, 2.24) is 15.5 Å². The predicted molar refractivity (Wildman–Crippen MR) is 97.8 cm³/mol. The smallest absolute Gasteiger partial charge is 0.251 e. The second kappa shape index (κ2) is 10.0. The zero-order valence-corrected chi connectivity index (χ0v) is 15.2. The summed E-state index contributed by atoms with van der Waals surface area (Å²) >= 11 is 0. The van der Waals surface area contributed by atoms with Crippen molar-refractivity contribution in [1.29, 1.82) is 0 Å². The number of hydrogen-bond donors (Lipinski definition) is 2. The molecule has 0 unspecified atom stereocenters. The fraction of sp³-hybridized carbons (Fsp3) is 0.579. The average molecular weight is 347 g/mol. The van der Waals surface area contributed by atoms with Crippen LogP contribution in [0.2, 0.25) is 0 Å². The number of hydrogen-bond acceptors (Lipinski definition) is 4. The van der Waals surface area contributed by atoms with E-state index in [1.807, 2.05) is 6.92 Å². The molecule has 0 atom stereocenters. The number of rotatable bonds is 8. The molecule has 1 aromatic rings. The van der Waals surface area contributed by atoms with Gasteiger partial charge in [-0.2, -0.15) is 0 Å². The van der Waals surface area contributed by atoms with Crippen molar-refractivity contribution in [2.24, 2.45) is 0 Å². The molecule has 0 aromatic heterocycles. The Kier molecular flexibility index (Phi) is 7.73. The molecular weight excluding hydrogens is 318 g/mol. The number of carbonyl (C=O) groups excluding carboxylic acids is 2. The number of amides is 2. The molecule has 6 heteroatoms. The van der Waals surface area contributed by atoms with Crippen LogP contribution >= 0.6 is 0 Å². The van der Waals surface area contributed by atoms with Crippen LogP contribution in [0, 0.1) is 0 Å². The highest BCUT2D eigenvalue weighted by molar-refractivity contribution is 5.96. The highest BCUT2D eigenvalue weighted by Gasteiger charge is 2.20. The molecule has 1 fully saturated rings. The fourth-order valence-electron chi connectivity index (χ4n) is 3.03. The fourth-order valence-corrected chi connectivity index (χ4v) is 3.03. The van der Waals surface area contributed by atoms with E-state index in [1.54, 1.807) is 24.3 Å². The summed E-state index contributed by atoms with van der Waals surface area (Å²) in [5.41, 5.74) is 0.518. The molecule has 2 N–H and O–H groups in total. The van der Waals surface area contributed by atoms with Crippen LogP contribution in [0.3, 0.4) is 0 Å². The van der Waals surface area contributed by atoms with Crippen LogP contribution in [0.25, 0.3) is 0 Å². The lowest BCUT2D eigenvalue weighted by Gasteiger charge is -2.32. The van der Waals surface area contributed by atoms with E-state index < -0.39 is 0 Å². The Morgan fingerprint density at radius 2 is 1.84 bits per heavy atom. The zero-order valence-electron chi connectivity index (χ0n) is 15.2. The standard InChI is InChI=1S/C19H29N3O3/c1-3-11-22-12-9-16(10-13-22)21-18(23)14-20-19(24)15-5-7-17(8-6-15)25-4-2/h5-8,16H,3-4,9-14H2,1-2H3,(H,20,24)(H,21,23). The maximum Gasteiger partial charge on any atom is 0.251 e. The van der Waals surface area contributed by atoms with Crippen LogP contribution in [0.15, 0.2) is 24.3 Å². The van der Waals surface area contributed by atoms with Gasteiger partial charge in [0.05, 0.1) is 13.2 Å². The van der Waals surface area contributed by atoms with Crippen molar-refractivity contribution in [3.8, 4) is 5.75 Å². The Hall–Kier alpha value is -2.08. The van der Waals surface area contributed by atoms with Gasteiger partial charge in [0.25, 0.3) is 5.91 Å². The van der Waals surface area contributed by atoms with Gasteiger partial charge in [-0.05, 0) is 57.0 Å². The Morgan fingerprint density at radius 3 is 2.44 bits per heavy atom. The van der Waals surface area contributed by atoms with Crippen molar-refractivity contribution in [2.45, 2.75) is 39.2 Å². The normalized spacial score (nSPS) is 15.6. The first-order valence-electron chi connectivity index (χ1n) is 9.15.